The van der Waals surface area contributed by atoms with Crippen molar-refractivity contribution in [3.05, 3.63) is 59.2 Å². The Morgan fingerprint density at radius 1 is 1.08 bits per heavy atom. The second-order valence-electron chi connectivity index (χ2n) is 6.32. The summed E-state index contributed by atoms with van der Waals surface area (Å²) in [6.45, 7) is 6.06. The van der Waals surface area contributed by atoms with Crippen LogP contribution in [0, 0.1) is 20.8 Å². The van der Waals surface area contributed by atoms with Crippen LogP contribution in [-0.2, 0) is 4.79 Å². The fourth-order valence-corrected chi connectivity index (χ4v) is 3.52. The Bertz CT molecular complexity index is 970. The summed E-state index contributed by atoms with van der Waals surface area (Å²) in [5, 5.41) is 4.91. The Labute approximate surface area is 158 Å². The van der Waals surface area contributed by atoms with Gasteiger partial charge in [-0.05, 0) is 61.7 Å². The van der Waals surface area contributed by atoms with Gasteiger partial charge in [0.2, 0.25) is 5.91 Å². The van der Waals surface area contributed by atoms with E-state index in [1.807, 2.05) is 56.3 Å². The number of aromatic nitrogens is 1. The molecule has 0 unspecified atom stereocenters. The quantitative estimate of drug-likeness (QED) is 0.653. The second kappa shape index (κ2) is 7.79. The van der Waals surface area contributed by atoms with Crippen LogP contribution in [0.3, 0.4) is 0 Å². The summed E-state index contributed by atoms with van der Waals surface area (Å²) in [4.78, 5) is 17.0. The summed E-state index contributed by atoms with van der Waals surface area (Å²) < 4.78 is 5.28. The van der Waals surface area contributed by atoms with E-state index in [4.69, 9.17) is 4.74 Å². The van der Waals surface area contributed by atoms with Crippen molar-refractivity contribution in [2.24, 2.45) is 0 Å². The van der Waals surface area contributed by atoms with E-state index in [1.54, 1.807) is 7.11 Å². The van der Waals surface area contributed by atoms with Crippen LogP contribution in [0.15, 0.2) is 47.5 Å². The second-order valence-corrected chi connectivity index (χ2v) is 7.31. The van der Waals surface area contributed by atoms with Gasteiger partial charge in [-0.2, -0.15) is 0 Å². The number of hydrogen-bond donors (Lipinski definition) is 1. The van der Waals surface area contributed by atoms with Crippen LogP contribution >= 0.6 is 11.8 Å². The summed E-state index contributed by atoms with van der Waals surface area (Å²) in [6.07, 6.45) is 0. The van der Waals surface area contributed by atoms with Crippen molar-refractivity contribution in [2.75, 3.05) is 18.2 Å². The van der Waals surface area contributed by atoms with Crippen LogP contribution in [0.1, 0.15) is 16.7 Å². The van der Waals surface area contributed by atoms with E-state index in [-0.39, 0.29) is 5.91 Å². The molecule has 0 atom stereocenters. The van der Waals surface area contributed by atoms with Gasteiger partial charge < -0.3 is 10.1 Å². The number of pyridine rings is 1. The summed E-state index contributed by atoms with van der Waals surface area (Å²) >= 11 is 1.44. The molecule has 0 saturated heterocycles. The fourth-order valence-electron chi connectivity index (χ4n) is 2.75. The molecule has 0 aliphatic rings. The summed E-state index contributed by atoms with van der Waals surface area (Å²) in [5.74, 6) is 1.06. The molecule has 3 aromatic rings. The van der Waals surface area contributed by atoms with Crippen molar-refractivity contribution in [3.63, 3.8) is 0 Å². The number of nitrogens with one attached hydrogen (secondary N) is 1. The summed E-state index contributed by atoms with van der Waals surface area (Å²) in [6, 6.07) is 13.9. The normalized spacial score (nSPS) is 10.8. The third-order valence-corrected chi connectivity index (χ3v) is 5.13. The number of anilines is 1. The Hall–Kier alpha value is -2.53. The molecule has 0 fully saturated rings. The van der Waals surface area contributed by atoms with E-state index in [0.29, 0.717) is 5.75 Å². The monoisotopic (exact) mass is 366 g/mol. The maximum Gasteiger partial charge on any atom is 0.234 e. The van der Waals surface area contributed by atoms with Crippen LogP contribution < -0.4 is 10.1 Å². The smallest absolute Gasteiger partial charge is 0.234 e. The predicted octanol–water partition coefficient (Wildman–Crippen LogP) is 4.90. The van der Waals surface area contributed by atoms with Gasteiger partial charge in [-0.3, -0.25) is 4.79 Å². The minimum absolute atomic E-state index is 0.0334. The molecule has 0 spiro atoms. The van der Waals surface area contributed by atoms with Crippen molar-refractivity contribution < 1.29 is 9.53 Å². The van der Waals surface area contributed by atoms with Crippen LogP contribution in [0.4, 0.5) is 5.69 Å². The first-order valence-corrected chi connectivity index (χ1v) is 9.40. The van der Waals surface area contributed by atoms with Gasteiger partial charge in [0.25, 0.3) is 0 Å². The average molecular weight is 366 g/mol. The molecule has 0 aliphatic carbocycles. The number of fused-ring (bicyclic) bond motifs is 1. The Balaban J connectivity index is 1.72. The maximum atomic E-state index is 12.3. The van der Waals surface area contributed by atoms with Crippen molar-refractivity contribution in [2.45, 2.75) is 25.8 Å². The first kappa shape index (κ1) is 18.3. The maximum absolute atomic E-state index is 12.3. The lowest BCUT2D eigenvalue weighted by atomic mass is 10.1. The molecule has 1 heterocycles. The van der Waals surface area contributed by atoms with Crippen LogP contribution in [0.5, 0.6) is 5.75 Å². The minimum Gasteiger partial charge on any atom is -0.497 e. The molecule has 0 aliphatic heterocycles. The van der Waals surface area contributed by atoms with Gasteiger partial charge in [0.05, 0.1) is 23.4 Å². The Kier molecular flexibility index (Phi) is 5.47. The zero-order chi connectivity index (χ0) is 18.7. The molecule has 3 rings (SSSR count). The predicted molar refractivity (Wildman–Crippen MR) is 108 cm³/mol. The van der Waals surface area contributed by atoms with E-state index in [0.717, 1.165) is 44.1 Å². The molecule has 1 amide bonds. The van der Waals surface area contributed by atoms with Gasteiger partial charge in [-0.1, -0.05) is 23.9 Å². The zero-order valence-corrected chi connectivity index (χ0v) is 16.2. The fraction of sp³-hybridized carbons (Fsp3) is 0.238. The third kappa shape index (κ3) is 4.17. The standard InChI is InChI=1S/C21H22N2O2S/c1-13-5-6-14(2)18(9-13)22-20(24)12-26-21-10-15(3)17-8-7-16(25-4)11-19(17)23-21/h5-11H,12H2,1-4H3,(H,22,24). The minimum atomic E-state index is -0.0334. The summed E-state index contributed by atoms with van der Waals surface area (Å²) in [7, 11) is 1.64. The number of hydrogen-bond acceptors (Lipinski definition) is 4. The average Bonchev–Trinajstić information content (AvgIpc) is 2.62. The van der Waals surface area contributed by atoms with E-state index in [9.17, 15) is 4.79 Å². The van der Waals surface area contributed by atoms with Gasteiger partial charge in [0, 0.05) is 17.1 Å². The first-order chi connectivity index (χ1) is 12.5. The van der Waals surface area contributed by atoms with Gasteiger partial charge >= 0.3 is 0 Å². The molecule has 134 valence electrons. The lowest BCUT2D eigenvalue weighted by Gasteiger charge is -2.10. The largest absolute Gasteiger partial charge is 0.497 e. The molecule has 0 bridgehead atoms. The van der Waals surface area contributed by atoms with E-state index in [1.165, 1.54) is 11.8 Å². The van der Waals surface area contributed by atoms with Crippen LogP contribution in [0.2, 0.25) is 0 Å². The molecule has 4 nitrogen and oxygen atoms in total. The number of carbonyl (C=O) groups is 1. The number of ether oxygens (including phenoxy) is 1. The lowest BCUT2D eigenvalue weighted by molar-refractivity contribution is -0.113. The molecule has 1 aromatic heterocycles. The van der Waals surface area contributed by atoms with Gasteiger partial charge in [0.1, 0.15) is 5.75 Å². The molecular formula is C21H22N2O2S. The third-order valence-electron chi connectivity index (χ3n) is 4.22. The molecule has 0 radical (unpaired) electrons. The number of carbonyl (C=O) groups excluding carboxylic acids is 1. The van der Waals surface area contributed by atoms with E-state index >= 15 is 0 Å². The van der Waals surface area contributed by atoms with E-state index < -0.39 is 0 Å². The summed E-state index contributed by atoms with van der Waals surface area (Å²) in [5.41, 5.74) is 5.06. The number of nitrogens with zero attached hydrogens (tertiary/aromatic N) is 1. The van der Waals surface area contributed by atoms with Crippen molar-refractivity contribution in [1.82, 2.24) is 4.98 Å². The number of benzene rings is 2. The molecule has 0 saturated carbocycles. The highest BCUT2D eigenvalue weighted by molar-refractivity contribution is 7.99. The molecule has 5 heteroatoms. The van der Waals surface area contributed by atoms with Gasteiger partial charge in [-0.25, -0.2) is 4.98 Å². The highest BCUT2D eigenvalue weighted by Crippen LogP contribution is 2.27. The van der Waals surface area contributed by atoms with Crippen molar-refractivity contribution >= 4 is 34.3 Å². The number of rotatable bonds is 5. The zero-order valence-electron chi connectivity index (χ0n) is 15.4. The van der Waals surface area contributed by atoms with Gasteiger partial charge in [0.15, 0.2) is 0 Å². The number of aryl methyl sites for hydroxylation is 3. The van der Waals surface area contributed by atoms with E-state index in [2.05, 4.69) is 17.2 Å². The first-order valence-electron chi connectivity index (χ1n) is 8.41. The highest BCUT2D eigenvalue weighted by Gasteiger charge is 2.09. The molecule has 1 N–H and O–H groups in total. The number of methoxy groups -OCH3 is 1. The SMILES string of the molecule is COc1ccc2c(C)cc(SCC(=O)Nc3cc(C)ccc3C)nc2c1. The van der Waals surface area contributed by atoms with Crippen LogP contribution in [0.25, 0.3) is 10.9 Å². The Morgan fingerprint density at radius 3 is 2.65 bits per heavy atom. The Morgan fingerprint density at radius 2 is 1.88 bits per heavy atom. The van der Waals surface area contributed by atoms with Gasteiger partial charge in [-0.15, -0.1) is 0 Å². The van der Waals surface area contributed by atoms with Crippen molar-refractivity contribution in [3.8, 4) is 5.75 Å². The number of amides is 1. The molecule has 2 aromatic carbocycles. The number of thioether (sulfide) groups is 1. The molecular weight excluding hydrogens is 344 g/mol. The topological polar surface area (TPSA) is 51.2 Å². The van der Waals surface area contributed by atoms with Crippen LogP contribution in [-0.4, -0.2) is 23.8 Å². The van der Waals surface area contributed by atoms with Crippen molar-refractivity contribution in [1.29, 1.82) is 0 Å². The molecule has 26 heavy (non-hydrogen) atoms. The highest BCUT2D eigenvalue weighted by atomic mass is 32.2. The lowest BCUT2D eigenvalue weighted by Crippen LogP contribution is -2.15.